The van der Waals surface area contributed by atoms with E-state index in [9.17, 15) is 9.77 Å². The molecule has 0 unspecified atom stereocenters. The van der Waals surface area contributed by atoms with Crippen molar-refractivity contribution in [3.8, 4) is 5.75 Å². The summed E-state index contributed by atoms with van der Waals surface area (Å²) in [5, 5.41) is 13.3. The fourth-order valence-corrected chi connectivity index (χ4v) is 3.88. The first-order chi connectivity index (χ1) is 13.4. The Morgan fingerprint density at radius 3 is 1.64 bits per heavy atom. The molecule has 0 saturated heterocycles. The Kier molecular flexibility index (Phi) is 5.66. The number of rotatable bonds is 6. The molecular formula is C21H20NO5P. The molecule has 0 fully saturated rings. The maximum atomic E-state index is 11.1. The smallest absolute Gasteiger partial charge is 0.411 e. The predicted molar refractivity (Wildman–Crippen MR) is 107 cm³/mol. The van der Waals surface area contributed by atoms with Crippen LogP contribution in [-0.4, -0.2) is 20.7 Å². The summed E-state index contributed by atoms with van der Waals surface area (Å²) < 4.78 is 15.8. The zero-order valence-corrected chi connectivity index (χ0v) is 16.0. The van der Waals surface area contributed by atoms with Gasteiger partial charge in [0.2, 0.25) is 0 Å². The molecule has 3 rings (SSSR count). The van der Waals surface area contributed by atoms with Gasteiger partial charge in [-0.05, 0) is 35.7 Å². The van der Waals surface area contributed by atoms with Crippen LogP contribution in [0.25, 0.3) is 0 Å². The Morgan fingerprint density at radius 1 is 0.821 bits per heavy atom. The van der Waals surface area contributed by atoms with Gasteiger partial charge >= 0.3 is 7.82 Å². The molecule has 0 radical (unpaired) electrons. The summed E-state index contributed by atoms with van der Waals surface area (Å²) in [6.07, 6.45) is 0. The number of nitrogens with zero attached hydrogens (tertiary/aromatic N) is 1. The lowest BCUT2D eigenvalue weighted by Crippen LogP contribution is -2.37. The summed E-state index contributed by atoms with van der Waals surface area (Å²) >= 11 is 0. The highest BCUT2D eigenvalue weighted by Crippen LogP contribution is 2.43. The van der Waals surface area contributed by atoms with E-state index in [1.165, 1.54) is 12.1 Å². The molecule has 0 saturated carbocycles. The lowest BCUT2D eigenvalue weighted by molar-refractivity contribution is 0.283. The van der Waals surface area contributed by atoms with Crippen molar-refractivity contribution in [1.82, 2.24) is 0 Å². The number of hydrogen-bond acceptors (Lipinski definition) is 4. The standard InChI is InChI=1S/C21H20NO5P/c1-16(22-23)21(17-8-4-2-5-9-17,18-10-6-3-7-11-18)19-12-14-20(15-13-19)27-28(24,25)26/h2-15,23H,1H3,(H2,24,25,26). The zero-order chi connectivity index (χ0) is 20.2. The first-order valence-corrected chi connectivity index (χ1v) is 10.1. The molecule has 0 aromatic heterocycles. The summed E-state index contributed by atoms with van der Waals surface area (Å²) in [6, 6.07) is 25.6. The molecule has 3 aromatic rings. The van der Waals surface area contributed by atoms with Crippen molar-refractivity contribution < 1.29 is 24.1 Å². The molecule has 0 amide bonds. The van der Waals surface area contributed by atoms with E-state index in [2.05, 4.69) is 9.68 Å². The van der Waals surface area contributed by atoms with Crippen molar-refractivity contribution in [1.29, 1.82) is 0 Å². The lowest BCUT2D eigenvalue weighted by atomic mass is 9.66. The van der Waals surface area contributed by atoms with Crippen molar-refractivity contribution >= 4 is 13.5 Å². The minimum atomic E-state index is -4.65. The monoisotopic (exact) mass is 397 g/mol. The highest BCUT2D eigenvalue weighted by atomic mass is 31.2. The van der Waals surface area contributed by atoms with Crippen molar-refractivity contribution in [2.45, 2.75) is 12.3 Å². The van der Waals surface area contributed by atoms with Crippen LogP contribution < -0.4 is 4.52 Å². The van der Waals surface area contributed by atoms with Crippen molar-refractivity contribution in [2.24, 2.45) is 5.16 Å². The van der Waals surface area contributed by atoms with Gasteiger partial charge in [-0.15, -0.1) is 0 Å². The first-order valence-electron chi connectivity index (χ1n) is 8.54. The molecule has 28 heavy (non-hydrogen) atoms. The van der Waals surface area contributed by atoms with Gasteiger partial charge in [-0.25, -0.2) is 4.57 Å². The predicted octanol–water partition coefficient (Wildman–Crippen LogP) is 4.34. The van der Waals surface area contributed by atoms with Gasteiger partial charge in [0.05, 0.1) is 11.1 Å². The second-order valence-corrected chi connectivity index (χ2v) is 7.44. The minimum Gasteiger partial charge on any atom is -0.411 e. The Morgan fingerprint density at radius 2 is 1.25 bits per heavy atom. The van der Waals surface area contributed by atoms with E-state index in [0.717, 1.165) is 16.7 Å². The Hall–Kier alpha value is -2.92. The average Bonchev–Trinajstić information content (AvgIpc) is 2.70. The SMILES string of the molecule is CC(=NO)C(c1ccccc1)(c1ccccc1)c1ccc(OP(=O)(O)O)cc1. The Labute approximate surface area is 163 Å². The largest absolute Gasteiger partial charge is 0.524 e. The van der Waals surface area contributed by atoms with Crippen LogP contribution in [0.2, 0.25) is 0 Å². The molecule has 0 atom stereocenters. The highest BCUT2D eigenvalue weighted by Gasteiger charge is 2.40. The summed E-state index contributed by atoms with van der Waals surface area (Å²) in [4.78, 5) is 18.0. The van der Waals surface area contributed by atoms with Crippen LogP contribution in [0.15, 0.2) is 90.1 Å². The second kappa shape index (κ2) is 7.98. The van der Waals surface area contributed by atoms with E-state index >= 15 is 0 Å². The minimum absolute atomic E-state index is 0.0469. The number of benzene rings is 3. The molecule has 7 heteroatoms. The van der Waals surface area contributed by atoms with Gasteiger partial charge in [-0.3, -0.25) is 9.79 Å². The van der Waals surface area contributed by atoms with Gasteiger partial charge < -0.3 is 9.73 Å². The van der Waals surface area contributed by atoms with E-state index in [1.807, 2.05) is 60.7 Å². The lowest BCUT2D eigenvalue weighted by Gasteiger charge is -2.35. The molecule has 0 aliphatic heterocycles. The molecule has 6 nitrogen and oxygen atoms in total. The summed E-state index contributed by atoms with van der Waals surface area (Å²) in [6.45, 7) is 1.74. The van der Waals surface area contributed by atoms with Crippen LogP contribution in [0, 0.1) is 0 Å². The van der Waals surface area contributed by atoms with Crippen LogP contribution in [0.1, 0.15) is 23.6 Å². The van der Waals surface area contributed by atoms with Gasteiger partial charge in [0.25, 0.3) is 0 Å². The Bertz CT molecular complexity index is 958. The third-order valence-electron chi connectivity index (χ3n) is 4.62. The van der Waals surface area contributed by atoms with E-state index < -0.39 is 13.2 Å². The van der Waals surface area contributed by atoms with E-state index in [0.29, 0.717) is 5.71 Å². The highest BCUT2D eigenvalue weighted by molar-refractivity contribution is 7.46. The molecule has 0 spiro atoms. The molecule has 0 heterocycles. The van der Waals surface area contributed by atoms with Crippen molar-refractivity contribution in [3.63, 3.8) is 0 Å². The summed E-state index contributed by atoms with van der Waals surface area (Å²) in [5.74, 6) is 0.0469. The molecule has 0 aliphatic carbocycles. The molecule has 0 aliphatic rings. The van der Waals surface area contributed by atoms with Gasteiger partial charge in [-0.1, -0.05) is 78.0 Å². The number of phosphoric ester groups is 1. The van der Waals surface area contributed by atoms with Crippen LogP contribution in [0.4, 0.5) is 0 Å². The van der Waals surface area contributed by atoms with Gasteiger partial charge in [0.15, 0.2) is 0 Å². The normalized spacial score (nSPS) is 12.6. The average molecular weight is 397 g/mol. The van der Waals surface area contributed by atoms with E-state index in [4.69, 9.17) is 9.79 Å². The van der Waals surface area contributed by atoms with Crippen LogP contribution in [0.5, 0.6) is 5.75 Å². The quantitative estimate of drug-likeness (QED) is 0.189. The van der Waals surface area contributed by atoms with Crippen molar-refractivity contribution in [2.75, 3.05) is 0 Å². The fraction of sp³-hybridized carbons (Fsp3) is 0.0952. The zero-order valence-electron chi connectivity index (χ0n) is 15.1. The van der Waals surface area contributed by atoms with Gasteiger partial charge in [-0.2, -0.15) is 0 Å². The summed E-state index contributed by atoms with van der Waals surface area (Å²) in [5.41, 5.74) is 2.10. The number of oxime groups is 1. The molecule has 144 valence electrons. The van der Waals surface area contributed by atoms with E-state index in [1.54, 1.807) is 19.1 Å². The Balaban J connectivity index is 2.26. The maximum absolute atomic E-state index is 11.1. The third-order valence-corrected chi connectivity index (χ3v) is 5.07. The number of phosphoric acid groups is 1. The molecule has 3 aromatic carbocycles. The first kappa shape index (κ1) is 19.8. The van der Waals surface area contributed by atoms with Gasteiger partial charge in [0.1, 0.15) is 5.75 Å². The van der Waals surface area contributed by atoms with Crippen LogP contribution in [-0.2, 0) is 9.98 Å². The maximum Gasteiger partial charge on any atom is 0.524 e. The van der Waals surface area contributed by atoms with Crippen LogP contribution >= 0.6 is 7.82 Å². The fourth-order valence-electron chi connectivity index (χ4n) is 3.48. The third kappa shape index (κ3) is 3.85. The second-order valence-electron chi connectivity index (χ2n) is 6.27. The molecule has 3 N–H and O–H groups in total. The molecule has 0 bridgehead atoms. The summed E-state index contributed by atoms with van der Waals surface area (Å²) in [7, 11) is -4.65. The van der Waals surface area contributed by atoms with Crippen molar-refractivity contribution in [3.05, 3.63) is 102 Å². The van der Waals surface area contributed by atoms with Gasteiger partial charge in [0, 0.05) is 0 Å². The topological polar surface area (TPSA) is 99.4 Å². The number of hydrogen-bond donors (Lipinski definition) is 3. The van der Waals surface area contributed by atoms with E-state index in [-0.39, 0.29) is 5.75 Å². The molecular weight excluding hydrogens is 377 g/mol. The van der Waals surface area contributed by atoms with Crippen LogP contribution in [0.3, 0.4) is 0 Å².